The average Bonchev–Trinajstić information content (AvgIpc) is 2.41. The predicted octanol–water partition coefficient (Wildman–Crippen LogP) is 2.40. The van der Waals surface area contributed by atoms with Crippen molar-refractivity contribution < 1.29 is 5.11 Å². The van der Waals surface area contributed by atoms with E-state index in [1.54, 1.807) is 17.8 Å². The molecule has 1 aliphatic heterocycles. The van der Waals surface area contributed by atoms with Crippen LogP contribution < -0.4 is 5.73 Å². The van der Waals surface area contributed by atoms with Gasteiger partial charge in [-0.15, -0.1) is 11.8 Å². The van der Waals surface area contributed by atoms with Crippen LogP contribution in [0.4, 0.5) is 0 Å². The molecule has 0 spiro atoms. The minimum atomic E-state index is 0.436. The number of fused-ring (bicyclic) bond motifs is 1. The maximum atomic E-state index is 9.75. The quantitative estimate of drug-likeness (QED) is 0.809. The van der Waals surface area contributed by atoms with Gasteiger partial charge in [-0.3, -0.25) is 0 Å². The summed E-state index contributed by atoms with van der Waals surface area (Å²) in [6.07, 6.45) is 3.36. The second-order valence-corrected chi connectivity index (χ2v) is 5.16. The highest BCUT2D eigenvalue weighted by atomic mass is 32.2. The summed E-state index contributed by atoms with van der Waals surface area (Å²) < 4.78 is 0. The van der Waals surface area contributed by atoms with Gasteiger partial charge in [0.05, 0.1) is 4.90 Å². The molecule has 0 amide bonds. The van der Waals surface area contributed by atoms with Crippen molar-refractivity contribution in [3.8, 4) is 5.75 Å². The van der Waals surface area contributed by atoms with Crippen molar-refractivity contribution in [1.82, 2.24) is 0 Å². The lowest BCUT2D eigenvalue weighted by Crippen LogP contribution is -2.11. The number of phenols is 1. The Morgan fingerprint density at radius 3 is 3.13 bits per heavy atom. The second kappa shape index (κ2) is 4.90. The Kier molecular flexibility index (Phi) is 3.54. The third-order valence-electron chi connectivity index (χ3n) is 2.93. The van der Waals surface area contributed by atoms with Crippen LogP contribution in [0.2, 0.25) is 0 Å². The number of hydrogen-bond acceptors (Lipinski definition) is 3. The predicted molar refractivity (Wildman–Crippen MR) is 64.3 cm³/mol. The number of hydrogen-bond donors (Lipinski definition) is 2. The van der Waals surface area contributed by atoms with Gasteiger partial charge in [0, 0.05) is 0 Å². The Bertz CT molecular complexity index is 340. The van der Waals surface area contributed by atoms with Crippen molar-refractivity contribution >= 4 is 11.8 Å². The van der Waals surface area contributed by atoms with Crippen molar-refractivity contribution in [2.24, 2.45) is 11.7 Å². The molecule has 0 radical (unpaired) electrons. The molecule has 0 fully saturated rings. The molecule has 0 saturated heterocycles. The van der Waals surface area contributed by atoms with Gasteiger partial charge in [0.2, 0.25) is 0 Å². The molecule has 1 aromatic carbocycles. The van der Waals surface area contributed by atoms with E-state index in [2.05, 4.69) is 6.07 Å². The molecule has 1 aliphatic rings. The molecule has 2 nitrogen and oxygen atoms in total. The molecule has 3 N–H and O–H groups in total. The molecule has 15 heavy (non-hydrogen) atoms. The Hall–Kier alpha value is -0.670. The SMILES string of the molecule is NCCC1CCSc2c(O)cccc2C1. The lowest BCUT2D eigenvalue weighted by Gasteiger charge is -2.12. The van der Waals surface area contributed by atoms with E-state index < -0.39 is 0 Å². The molecule has 1 atom stereocenters. The van der Waals surface area contributed by atoms with Crippen LogP contribution in [0.25, 0.3) is 0 Å². The van der Waals surface area contributed by atoms with E-state index in [4.69, 9.17) is 5.73 Å². The smallest absolute Gasteiger partial charge is 0.129 e. The zero-order valence-corrected chi connectivity index (χ0v) is 9.59. The van der Waals surface area contributed by atoms with E-state index in [-0.39, 0.29) is 0 Å². The van der Waals surface area contributed by atoms with Crippen molar-refractivity contribution in [2.45, 2.75) is 24.2 Å². The van der Waals surface area contributed by atoms with E-state index >= 15 is 0 Å². The molecule has 1 aromatic rings. The fourth-order valence-electron chi connectivity index (χ4n) is 2.12. The van der Waals surface area contributed by atoms with Crippen molar-refractivity contribution in [3.05, 3.63) is 23.8 Å². The molecular weight excluding hydrogens is 206 g/mol. The lowest BCUT2D eigenvalue weighted by atomic mass is 9.94. The standard InChI is InChI=1S/C12H17NOS/c13-6-4-9-5-7-15-12-10(8-9)2-1-3-11(12)14/h1-3,9,14H,4-8,13H2. The van der Waals surface area contributed by atoms with Gasteiger partial charge in [0.25, 0.3) is 0 Å². The first-order valence-electron chi connectivity index (χ1n) is 5.45. The normalized spacial score (nSPS) is 20.7. The molecule has 0 aliphatic carbocycles. The number of thioether (sulfide) groups is 1. The number of benzene rings is 1. The third kappa shape index (κ3) is 2.47. The molecular formula is C12H17NOS. The van der Waals surface area contributed by atoms with Crippen molar-refractivity contribution in [3.63, 3.8) is 0 Å². The van der Waals surface area contributed by atoms with Crippen LogP contribution in [0.15, 0.2) is 23.1 Å². The number of rotatable bonds is 2. The maximum Gasteiger partial charge on any atom is 0.129 e. The van der Waals surface area contributed by atoms with Crippen LogP contribution in [-0.2, 0) is 6.42 Å². The maximum absolute atomic E-state index is 9.75. The summed E-state index contributed by atoms with van der Waals surface area (Å²) in [5.74, 6) is 2.21. The van der Waals surface area contributed by atoms with Crippen LogP contribution in [0, 0.1) is 5.92 Å². The topological polar surface area (TPSA) is 46.2 Å². The van der Waals surface area contributed by atoms with Gasteiger partial charge >= 0.3 is 0 Å². The second-order valence-electron chi connectivity index (χ2n) is 4.05. The van der Waals surface area contributed by atoms with Gasteiger partial charge in [-0.1, -0.05) is 12.1 Å². The molecule has 0 bridgehead atoms. The summed E-state index contributed by atoms with van der Waals surface area (Å²) in [4.78, 5) is 1.08. The first-order chi connectivity index (χ1) is 7.31. The van der Waals surface area contributed by atoms with Gasteiger partial charge in [-0.2, -0.15) is 0 Å². The Balaban J connectivity index is 2.22. The highest BCUT2D eigenvalue weighted by molar-refractivity contribution is 7.99. The summed E-state index contributed by atoms with van der Waals surface area (Å²) >= 11 is 1.77. The van der Waals surface area contributed by atoms with Gasteiger partial charge in [0.15, 0.2) is 0 Å². The lowest BCUT2D eigenvalue weighted by molar-refractivity contribution is 0.454. The number of phenolic OH excluding ortho intramolecular Hbond substituents is 1. The van der Waals surface area contributed by atoms with E-state index in [0.717, 1.165) is 30.0 Å². The van der Waals surface area contributed by atoms with Crippen molar-refractivity contribution in [2.75, 3.05) is 12.3 Å². The van der Waals surface area contributed by atoms with Crippen LogP contribution in [0.5, 0.6) is 5.75 Å². The van der Waals surface area contributed by atoms with Gasteiger partial charge in [-0.05, 0) is 49.1 Å². The monoisotopic (exact) mass is 223 g/mol. The van der Waals surface area contributed by atoms with E-state index in [1.165, 1.54) is 12.0 Å². The Morgan fingerprint density at radius 1 is 1.47 bits per heavy atom. The molecule has 3 heteroatoms. The van der Waals surface area contributed by atoms with E-state index in [1.807, 2.05) is 6.07 Å². The van der Waals surface area contributed by atoms with E-state index in [9.17, 15) is 5.11 Å². The molecule has 82 valence electrons. The minimum absolute atomic E-state index is 0.436. The fourth-order valence-corrected chi connectivity index (χ4v) is 3.33. The Morgan fingerprint density at radius 2 is 2.33 bits per heavy atom. The highest BCUT2D eigenvalue weighted by Crippen LogP contribution is 2.37. The van der Waals surface area contributed by atoms with E-state index in [0.29, 0.717) is 11.7 Å². The molecule has 2 rings (SSSR count). The Labute approximate surface area is 94.9 Å². The first kappa shape index (κ1) is 10.8. The van der Waals surface area contributed by atoms with Crippen LogP contribution in [0.3, 0.4) is 0 Å². The van der Waals surface area contributed by atoms with Gasteiger partial charge in [0.1, 0.15) is 5.75 Å². The molecule has 1 heterocycles. The third-order valence-corrected chi connectivity index (χ3v) is 4.13. The zero-order chi connectivity index (χ0) is 10.7. The zero-order valence-electron chi connectivity index (χ0n) is 8.78. The summed E-state index contributed by atoms with van der Waals surface area (Å²) in [5, 5.41) is 9.75. The van der Waals surface area contributed by atoms with Gasteiger partial charge in [-0.25, -0.2) is 0 Å². The minimum Gasteiger partial charge on any atom is -0.507 e. The molecule has 1 unspecified atom stereocenters. The number of aromatic hydroxyl groups is 1. The van der Waals surface area contributed by atoms with Crippen LogP contribution in [-0.4, -0.2) is 17.4 Å². The summed E-state index contributed by atoms with van der Waals surface area (Å²) in [6.45, 7) is 0.767. The number of nitrogens with two attached hydrogens (primary N) is 1. The van der Waals surface area contributed by atoms with Crippen LogP contribution >= 0.6 is 11.8 Å². The summed E-state index contributed by atoms with van der Waals surface area (Å²) in [6, 6.07) is 5.82. The first-order valence-corrected chi connectivity index (χ1v) is 6.43. The summed E-state index contributed by atoms with van der Waals surface area (Å²) in [7, 11) is 0. The molecule has 0 aromatic heterocycles. The average molecular weight is 223 g/mol. The van der Waals surface area contributed by atoms with Crippen molar-refractivity contribution in [1.29, 1.82) is 0 Å². The van der Waals surface area contributed by atoms with Gasteiger partial charge < -0.3 is 10.8 Å². The van der Waals surface area contributed by atoms with Crippen LogP contribution in [0.1, 0.15) is 18.4 Å². The molecule has 0 saturated carbocycles. The highest BCUT2D eigenvalue weighted by Gasteiger charge is 2.18. The fraction of sp³-hybridized carbons (Fsp3) is 0.500. The largest absolute Gasteiger partial charge is 0.507 e. The summed E-state index contributed by atoms with van der Waals surface area (Å²) in [5.41, 5.74) is 6.89.